The number of nitrogens with one attached hydrogen (secondary N) is 1. The zero-order valence-corrected chi connectivity index (χ0v) is 11.5. The summed E-state index contributed by atoms with van der Waals surface area (Å²) in [6, 6.07) is 4.26. The lowest BCUT2D eigenvalue weighted by molar-refractivity contribution is -0.119. The number of carbonyl (C=O) groups is 2. The Balaban J connectivity index is 1.87. The van der Waals surface area contributed by atoms with Crippen molar-refractivity contribution in [3.8, 4) is 0 Å². The minimum absolute atomic E-state index is 0.0223. The van der Waals surface area contributed by atoms with Crippen LogP contribution in [0, 0.1) is 5.92 Å². The van der Waals surface area contributed by atoms with Crippen molar-refractivity contribution >= 4 is 40.8 Å². The fraction of sp³-hybridized carbons (Fsp3) is 0.385. The van der Waals surface area contributed by atoms with Crippen LogP contribution in [0.1, 0.15) is 19.3 Å². The van der Waals surface area contributed by atoms with Crippen LogP contribution in [0.2, 0.25) is 10.0 Å². The minimum atomic E-state index is -0.397. The summed E-state index contributed by atoms with van der Waals surface area (Å²) < 4.78 is 0. The zero-order chi connectivity index (χ0) is 13.6. The molecule has 1 N–H and O–H groups in total. The van der Waals surface area contributed by atoms with Crippen LogP contribution < -0.4 is 10.2 Å². The molecule has 6 heteroatoms. The molecule has 1 aliphatic heterocycles. The van der Waals surface area contributed by atoms with Crippen molar-refractivity contribution in [2.75, 3.05) is 4.90 Å². The molecule has 1 aliphatic carbocycles. The number of hydrogen-bond acceptors (Lipinski definition) is 2. The van der Waals surface area contributed by atoms with Crippen LogP contribution in [-0.2, 0) is 4.79 Å². The van der Waals surface area contributed by atoms with Gasteiger partial charge in [-0.1, -0.05) is 23.2 Å². The van der Waals surface area contributed by atoms with Gasteiger partial charge in [0, 0.05) is 22.5 Å². The Bertz CT molecular complexity index is 519. The summed E-state index contributed by atoms with van der Waals surface area (Å²) in [4.78, 5) is 25.3. The van der Waals surface area contributed by atoms with Crippen molar-refractivity contribution in [2.24, 2.45) is 5.92 Å². The molecular formula is C13H12Cl2N2O2. The first-order valence-corrected chi connectivity index (χ1v) is 6.90. The molecule has 0 radical (unpaired) electrons. The largest absolute Gasteiger partial charge is 0.334 e. The monoisotopic (exact) mass is 298 g/mol. The Morgan fingerprint density at radius 2 is 1.74 bits per heavy atom. The Morgan fingerprint density at radius 3 is 2.26 bits per heavy atom. The van der Waals surface area contributed by atoms with Crippen LogP contribution in [0.4, 0.5) is 10.5 Å². The van der Waals surface area contributed by atoms with Gasteiger partial charge < -0.3 is 5.32 Å². The van der Waals surface area contributed by atoms with Crippen LogP contribution in [0.15, 0.2) is 18.2 Å². The summed E-state index contributed by atoms with van der Waals surface area (Å²) in [6.45, 7) is 0. The van der Waals surface area contributed by atoms with Gasteiger partial charge >= 0.3 is 6.03 Å². The molecule has 0 bridgehead atoms. The highest BCUT2D eigenvalue weighted by Gasteiger charge is 2.40. The summed E-state index contributed by atoms with van der Waals surface area (Å²) in [5, 5.41) is 3.67. The van der Waals surface area contributed by atoms with Crippen LogP contribution in [-0.4, -0.2) is 18.0 Å². The average molecular weight is 299 g/mol. The molecule has 3 amide bonds. The maximum Gasteiger partial charge on any atom is 0.328 e. The topological polar surface area (TPSA) is 49.4 Å². The Morgan fingerprint density at radius 1 is 1.11 bits per heavy atom. The van der Waals surface area contributed by atoms with Crippen LogP contribution in [0.3, 0.4) is 0 Å². The molecule has 1 saturated heterocycles. The molecule has 1 saturated carbocycles. The molecule has 4 nitrogen and oxygen atoms in total. The number of halogens is 2. The predicted molar refractivity (Wildman–Crippen MR) is 73.6 cm³/mol. The number of urea groups is 1. The number of amides is 3. The lowest BCUT2D eigenvalue weighted by Gasteiger charge is -2.31. The standard InChI is InChI=1S/C13H12Cl2N2O2/c14-8-3-9(15)5-10(4-8)17-12(18)6-11(7-1-2-7)16-13(17)19/h3-5,7,11H,1-2,6H2,(H,16,19). The van der Waals surface area contributed by atoms with Crippen molar-refractivity contribution in [1.82, 2.24) is 5.32 Å². The van der Waals surface area contributed by atoms with Crippen molar-refractivity contribution in [3.63, 3.8) is 0 Å². The number of carbonyl (C=O) groups excluding carboxylic acids is 2. The Hall–Kier alpha value is -1.26. The normalized spacial score (nSPS) is 23.5. The summed E-state index contributed by atoms with van der Waals surface area (Å²) in [5.41, 5.74) is 0.411. The number of imide groups is 1. The second kappa shape index (κ2) is 4.69. The number of hydrogen-bond donors (Lipinski definition) is 1. The summed E-state index contributed by atoms with van der Waals surface area (Å²) in [6.07, 6.45) is 2.50. The van der Waals surface area contributed by atoms with E-state index in [1.165, 1.54) is 0 Å². The van der Waals surface area contributed by atoms with E-state index < -0.39 is 6.03 Å². The van der Waals surface area contributed by atoms with Crippen molar-refractivity contribution in [2.45, 2.75) is 25.3 Å². The third-order valence-electron chi connectivity index (χ3n) is 3.45. The molecule has 1 aromatic carbocycles. The van der Waals surface area contributed by atoms with E-state index in [9.17, 15) is 9.59 Å². The molecule has 1 aromatic rings. The molecule has 0 spiro atoms. The van der Waals surface area contributed by atoms with Gasteiger partial charge in [0.1, 0.15) is 0 Å². The molecule has 1 unspecified atom stereocenters. The number of rotatable bonds is 2. The fourth-order valence-electron chi connectivity index (χ4n) is 2.38. The van der Waals surface area contributed by atoms with Crippen LogP contribution in [0.5, 0.6) is 0 Å². The maximum atomic E-state index is 12.1. The van der Waals surface area contributed by atoms with Gasteiger partial charge in [0.15, 0.2) is 0 Å². The molecule has 100 valence electrons. The molecule has 2 fully saturated rings. The van der Waals surface area contributed by atoms with E-state index in [1.807, 2.05) is 0 Å². The van der Waals surface area contributed by atoms with E-state index in [2.05, 4.69) is 5.32 Å². The lowest BCUT2D eigenvalue weighted by Crippen LogP contribution is -2.55. The van der Waals surface area contributed by atoms with E-state index in [1.54, 1.807) is 18.2 Å². The van der Waals surface area contributed by atoms with Crippen LogP contribution in [0.25, 0.3) is 0 Å². The minimum Gasteiger partial charge on any atom is -0.334 e. The fourth-order valence-corrected chi connectivity index (χ4v) is 2.89. The first kappa shape index (κ1) is 12.8. The molecule has 0 aromatic heterocycles. The SMILES string of the molecule is O=C1CC(C2CC2)NC(=O)N1c1cc(Cl)cc(Cl)c1. The number of anilines is 1. The van der Waals surface area contributed by atoms with Gasteiger partial charge in [-0.25, -0.2) is 9.69 Å². The highest BCUT2D eigenvalue weighted by atomic mass is 35.5. The van der Waals surface area contributed by atoms with Crippen molar-refractivity contribution in [3.05, 3.63) is 28.2 Å². The van der Waals surface area contributed by atoms with E-state index in [0.717, 1.165) is 17.7 Å². The van der Waals surface area contributed by atoms with Gasteiger partial charge in [0.25, 0.3) is 0 Å². The van der Waals surface area contributed by atoms with E-state index in [0.29, 0.717) is 28.1 Å². The van der Waals surface area contributed by atoms with E-state index >= 15 is 0 Å². The first-order valence-electron chi connectivity index (χ1n) is 6.14. The molecule has 19 heavy (non-hydrogen) atoms. The zero-order valence-electron chi connectivity index (χ0n) is 10.0. The van der Waals surface area contributed by atoms with Gasteiger partial charge in [-0.2, -0.15) is 0 Å². The maximum absolute atomic E-state index is 12.1. The summed E-state index contributed by atoms with van der Waals surface area (Å²) >= 11 is 11.8. The van der Waals surface area contributed by atoms with Crippen molar-refractivity contribution in [1.29, 1.82) is 0 Å². The van der Waals surface area contributed by atoms with Gasteiger partial charge in [-0.05, 0) is 37.0 Å². The second-order valence-corrected chi connectivity index (χ2v) is 5.83. The average Bonchev–Trinajstić information content (AvgIpc) is 3.09. The van der Waals surface area contributed by atoms with Gasteiger partial charge in [0.2, 0.25) is 5.91 Å². The number of benzene rings is 1. The van der Waals surface area contributed by atoms with Gasteiger partial charge in [-0.15, -0.1) is 0 Å². The van der Waals surface area contributed by atoms with E-state index in [4.69, 9.17) is 23.2 Å². The predicted octanol–water partition coefficient (Wildman–Crippen LogP) is 3.22. The smallest absolute Gasteiger partial charge is 0.328 e. The molecule has 3 rings (SSSR count). The van der Waals surface area contributed by atoms with Crippen LogP contribution >= 0.6 is 23.2 Å². The number of nitrogens with zero attached hydrogens (tertiary/aromatic N) is 1. The van der Waals surface area contributed by atoms with Crippen molar-refractivity contribution < 1.29 is 9.59 Å². The quantitative estimate of drug-likeness (QED) is 0.911. The summed E-state index contributed by atoms with van der Waals surface area (Å²) in [5.74, 6) is 0.247. The molecule has 1 atom stereocenters. The molecular weight excluding hydrogens is 287 g/mol. The molecule has 1 heterocycles. The third kappa shape index (κ3) is 2.55. The first-order chi connectivity index (χ1) is 9.04. The van der Waals surface area contributed by atoms with Gasteiger partial charge in [0.05, 0.1) is 5.69 Å². The Labute approximate surface area is 120 Å². The lowest BCUT2D eigenvalue weighted by atomic mass is 10.1. The van der Waals surface area contributed by atoms with Gasteiger partial charge in [-0.3, -0.25) is 4.79 Å². The molecule has 2 aliphatic rings. The third-order valence-corrected chi connectivity index (χ3v) is 3.89. The second-order valence-electron chi connectivity index (χ2n) is 4.95. The summed E-state index contributed by atoms with van der Waals surface area (Å²) in [7, 11) is 0. The van der Waals surface area contributed by atoms with E-state index in [-0.39, 0.29) is 11.9 Å². The Kier molecular flexibility index (Phi) is 3.15. The highest BCUT2D eigenvalue weighted by molar-refractivity contribution is 6.35. The highest BCUT2D eigenvalue weighted by Crippen LogP contribution is 2.36.